The molecule has 356 valence electrons. The smallest absolute Gasteiger partial charge is 0.293 e. The topological polar surface area (TPSA) is 134 Å². The Bertz CT molecular complexity index is 3160. The predicted molar refractivity (Wildman–Crippen MR) is 240 cm³/mol. The second-order valence-electron chi connectivity index (χ2n) is 18.2. The molecular formula is C45H39ClF8IN5O5S2. The van der Waals surface area contributed by atoms with Gasteiger partial charge in [-0.3, -0.25) is 14.2 Å². The average molecular weight is 1110 g/mol. The minimum absolute atomic E-state index is 0.00551. The largest absolute Gasteiger partial charge is 0.298 e. The molecule has 3 aromatic heterocycles. The van der Waals surface area contributed by atoms with Crippen LogP contribution in [0.4, 0.5) is 35.1 Å². The quantitative estimate of drug-likeness (QED) is 0.0542. The number of benzene rings is 2. The third-order valence-corrected chi connectivity index (χ3v) is 19.0. The summed E-state index contributed by atoms with van der Waals surface area (Å²) in [5.41, 5.74) is -1.96. The van der Waals surface area contributed by atoms with Crippen LogP contribution in [0.2, 0.25) is 5.02 Å². The van der Waals surface area contributed by atoms with E-state index in [4.69, 9.17) is 16.6 Å². The summed E-state index contributed by atoms with van der Waals surface area (Å²) in [7, 11) is -7.54. The van der Waals surface area contributed by atoms with Crippen LogP contribution in [0.25, 0.3) is 22.0 Å². The summed E-state index contributed by atoms with van der Waals surface area (Å²) in [6.07, 6.45) is -5.52. The summed E-state index contributed by atoms with van der Waals surface area (Å²) >= 11 is 8.61. The van der Waals surface area contributed by atoms with Gasteiger partial charge in [0.15, 0.2) is 25.5 Å². The second kappa shape index (κ2) is 17.1. The highest BCUT2D eigenvalue weighted by Crippen LogP contribution is 2.68. The predicted octanol–water partition coefficient (Wildman–Crippen LogP) is 10.0. The maximum atomic E-state index is 15.6. The Morgan fingerprint density at radius 3 is 2.24 bits per heavy atom. The lowest BCUT2D eigenvalue weighted by Gasteiger charge is -2.22. The van der Waals surface area contributed by atoms with Crippen molar-refractivity contribution >= 4 is 70.6 Å². The molecule has 0 radical (unpaired) electrons. The fourth-order valence-corrected chi connectivity index (χ4v) is 13.5. The molecule has 3 fully saturated rings. The van der Waals surface area contributed by atoms with Gasteiger partial charge in [-0.05, 0) is 117 Å². The number of sulfone groups is 2. The van der Waals surface area contributed by atoms with E-state index < -0.39 is 126 Å². The van der Waals surface area contributed by atoms with Gasteiger partial charge in [0.2, 0.25) is 0 Å². The highest BCUT2D eigenvalue weighted by molar-refractivity contribution is 14.1. The summed E-state index contributed by atoms with van der Waals surface area (Å²) in [6.45, 7) is 0.934. The minimum atomic E-state index is -3.79. The fourth-order valence-electron chi connectivity index (χ4n) is 9.23. The molecule has 5 aromatic rings. The van der Waals surface area contributed by atoms with Crippen molar-refractivity contribution in [2.75, 3.05) is 0 Å². The number of aromatic nitrogens is 5. The molecule has 2 aromatic carbocycles. The first-order chi connectivity index (χ1) is 31.4. The standard InChI is InChI=1S/C45H39ClF8IN5O5S2/c1-44(2,67(64,65)27-5-6-27)10-9-34-33(55)17-29(28-7-8-32(46)38-35(20-66(62,63)26-3-4-26)57-59(41(28)38)19-36(49)50)39(56-34)22(11-21-12-23(47)15-24(48)13-21)14-25(61)18-60-42-37(40(58-60)43(51)52)30-16-31(30)45(42,53)54/h7-8,12-13,15,17,22,26-27,30-31,36,43H,3-6,11,14,16,18-20H2,1-2H3/t22-,30+,31-/m1/s1. The van der Waals surface area contributed by atoms with Crippen molar-refractivity contribution in [1.82, 2.24) is 24.5 Å². The number of alkyl halides is 6. The van der Waals surface area contributed by atoms with Gasteiger partial charge in [0.25, 0.3) is 18.8 Å². The lowest BCUT2D eigenvalue weighted by atomic mass is 9.86. The molecule has 0 saturated heterocycles. The van der Waals surface area contributed by atoms with Gasteiger partial charge in [0.05, 0.1) is 38.2 Å². The highest BCUT2D eigenvalue weighted by Gasteiger charge is 2.67. The van der Waals surface area contributed by atoms with Crippen molar-refractivity contribution < 1.29 is 56.8 Å². The van der Waals surface area contributed by atoms with E-state index >= 15 is 8.78 Å². The van der Waals surface area contributed by atoms with Gasteiger partial charge in [-0.15, -0.1) is 0 Å². The zero-order chi connectivity index (χ0) is 48.3. The van der Waals surface area contributed by atoms with Gasteiger partial charge in [-0.2, -0.15) is 19.0 Å². The summed E-state index contributed by atoms with van der Waals surface area (Å²) < 4.78 is 172. The van der Waals surface area contributed by atoms with E-state index in [0.29, 0.717) is 36.4 Å². The molecule has 67 heavy (non-hydrogen) atoms. The molecule has 10 nitrogen and oxygen atoms in total. The van der Waals surface area contributed by atoms with Crippen LogP contribution in [0, 0.1) is 33.0 Å². The number of nitrogens with zero attached hydrogens (tertiary/aromatic N) is 5. The van der Waals surface area contributed by atoms with Crippen LogP contribution in [0.5, 0.6) is 0 Å². The van der Waals surface area contributed by atoms with Crippen LogP contribution in [-0.4, -0.2) is 68.8 Å². The maximum absolute atomic E-state index is 15.6. The first kappa shape index (κ1) is 47.9. The first-order valence-corrected chi connectivity index (χ1v) is 26.0. The number of Topliss-reactive ketones (excluding diaryl/α,β-unsaturated/α-hetero) is 1. The van der Waals surface area contributed by atoms with Crippen LogP contribution < -0.4 is 0 Å². The van der Waals surface area contributed by atoms with Crippen molar-refractivity contribution in [3.63, 3.8) is 0 Å². The Kier molecular flexibility index (Phi) is 12.2. The second-order valence-corrected chi connectivity index (χ2v) is 24.8. The van der Waals surface area contributed by atoms with Crippen LogP contribution >= 0.6 is 34.2 Å². The van der Waals surface area contributed by atoms with E-state index in [-0.39, 0.29) is 71.7 Å². The molecule has 3 heterocycles. The summed E-state index contributed by atoms with van der Waals surface area (Å²) in [5.74, 6) is -4.68. The highest BCUT2D eigenvalue weighted by atomic mass is 127. The molecule has 9 rings (SSSR count). The zero-order valence-electron chi connectivity index (χ0n) is 35.5. The molecule has 3 saturated carbocycles. The zero-order valence-corrected chi connectivity index (χ0v) is 40.0. The van der Waals surface area contributed by atoms with Gasteiger partial charge in [-0.25, -0.2) is 48.2 Å². The van der Waals surface area contributed by atoms with Crippen molar-refractivity contribution in [3.05, 3.63) is 96.2 Å². The van der Waals surface area contributed by atoms with Gasteiger partial charge in [0.1, 0.15) is 46.6 Å². The van der Waals surface area contributed by atoms with E-state index in [2.05, 4.69) is 22.0 Å². The first-order valence-electron chi connectivity index (χ1n) is 21.3. The van der Waals surface area contributed by atoms with Crippen LogP contribution in [0.3, 0.4) is 0 Å². The van der Waals surface area contributed by atoms with Crippen molar-refractivity contribution in [1.29, 1.82) is 0 Å². The van der Waals surface area contributed by atoms with Crippen molar-refractivity contribution in [3.8, 4) is 23.0 Å². The number of pyridine rings is 1. The molecule has 22 heteroatoms. The van der Waals surface area contributed by atoms with E-state index in [1.807, 2.05) is 22.6 Å². The third kappa shape index (κ3) is 9.01. The average Bonchev–Trinajstić information content (AvgIpc) is 4.11. The summed E-state index contributed by atoms with van der Waals surface area (Å²) in [5, 5.41) is 6.89. The van der Waals surface area contributed by atoms with E-state index in [0.717, 1.165) is 16.8 Å². The number of hydrogen-bond acceptors (Lipinski definition) is 8. The maximum Gasteiger partial charge on any atom is 0.293 e. The van der Waals surface area contributed by atoms with Crippen LogP contribution in [-0.2, 0) is 55.7 Å². The Labute approximate surface area is 398 Å². The number of hydrogen-bond donors (Lipinski definition) is 0. The Balaban J connectivity index is 1.24. The lowest BCUT2D eigenvalue weighted by molar-refractivity contribution is -0.120. The number of halogens is 10. The Morgan fingerprint density at radius 2 is 1.61 bits per heavy atom. The van der Waals surface area contributed by atoms with Crippen molar-refractivity contribution in [2.24, 2.45) is 5.92 Å². The number of carbonyl (C=O) groups is 1. The number of fused-ring (bicyclic) bond motifs is 4. The molecule has 0 N–H and O–H groups in total. The van der Waals surface area contributed by atoms with Gasteiger partial charge in [-0.1, -0.05) is 23.6 Å². The van der Waals surface area contributed by atoms with E-state index in [1.165, 1.54) is 32.0 Å². The molecule has 0 bridgehead atoms. The molecule has 4 aliphatic carbocycles. The number of carbonyl (C=O) groups excluding carboxylic acids is 1. The molecule has 0 aliphatic heterocycles. The SMILES string of the molecule is CC(C)(C#Cc1nc([C@@H](CC(=O)Cn2nc(C(F)F)c3c2C(F)(F)[C@@H]2C[C@H]32)Cc2cc(F)cc(F)c2)c(-c2ccc(Cl)c3c(CS(=O)(=O)C4CC4)nn(CC(F)F)c23)cc1I)S(=O)(=O)C1CC1. The lowest BCUT2D eigenvalue weighted by Crippen LogP contribution is -2.33. The number of ketones is 1. The Morgan fingerprint density at radius 1 is 0.940 bits per heavy atom. The summed E-state index contributed by atoms with van der Waals surface area (Å²) in [6, 6.07) is 6.94. The van der Waals surface area contributed by atoms with Gasteiger partial charge >= 0.3 is 0 Å². The molecular weight excluding hydrogens is 1070 g/mol. The molecule has 0 spiro atoms. The molecule has 0 unspecified atom stereocenters. The normalized spacial score (nSPS) is 19.4. The molecule has 4 aliphatic rings. The minimum Gasteiger partial charge on any atom is -0.298 e. The van der Waals surface area contributed by atoms with Gasteiger partial charge < -0.3 is 0 Å². The summed E-state index contributed by atoms with van der Waals surface area (Å²) in [4.78, 5) is 19.2. The van der Waals surface area contributed by atoms with Gasteiger partial charge in [0, 0.05) is 50.0 Å². The van der Waals surface area contributed by atoms with Crippen LogP contribution in [0.15, 0.2) is 36.4 Å². The monoisotopic (exact) mass is 1110 g/mol. The third-order valence-electron chi connectivity index (χ3n) is 12.8. The Hall–Kier alpha value is -4.14. The van der Waals surface area contributed by atoms with Crippen molar-refractivity contribution in [2.45, 2.75) is 123 Å². The fraction of sp³-hybridized carbons (Fsp3) is 0.467. The van der Waals surface area contributed by atoms with E-state index in [1.54, 1.807) is 0 Å². The van der Waals surface area contributed by atoms with E-state index in [9.17, 15) is 48.0 Å². The molecule has 0 amide bonds. The number of rotatable bonds is 16. The molecule has 3 atom stereocenters. The van der Waals surface area contributed by atoms with Crippen LogP contribution in [0.1, 0.15) is 110 Å².